The van der Waals surface area contributed by atoms with Crippen LogP contribution in [0.15, 0.2) is 22.8 Å². The number of carbonyl (C=O) groups is 2. The van der Waals surface area contributed by atoms with E-state index in [-0.39, 0.29) is 10.6 Å². The van der Waals surface area contributed by atoms with E-state index >= 15 is 0 Å². The van der Waals surface area contributed by atoms with E-state index in [4.69, 9.17) is 34.0 Å². The molecule has 0 aliphatic heterocycles. The van der Waals surface area contributed by atoms with Gasteiger partial charge in [0.2, 0.25) is 5.91 Å². The third kappa shape index (κ3) is 2.08. The molecule has 0 saturated carbocycles. The van der Waals surface area contributed by atoms with Gasteiger partial charge in [0.1, 0.15) is 4.87 Å². The number of alkyl halides is 1. The Morgan fingerprint density at radius 2 is 2.19 bits per heavy atom. The summed E-state index contributed by atoms with van der Waals surface area (Å²) in [5.41, 5.74) is 5.20. The molecule has 0 heterocycles. The van der Waals surface area contributed by atoms with Crippen molar-refractivity contribution in [2.75, 3.05) is 0 Å². The van der Waals surface area contributed by atoms with Crippen LogP contribution in [-0.4, -0.2) is 21.9 Å². The highest BCUT2D eigenvalue weighted by Crippen LogP contribution is 2.40. The first-order valence-electron chi connectivity index (χ1n) is 4.65. The van der Waals surface area contributed by atoms with Crippen molar-refractivity contribution < 1.29 is 14.7 Å². The van der Waals surface area contributed by atoms with Gasteiger partial charge in [0, 0.05) is 16.5 Å². The zero-order valence-electron chi connectivity index (χ0n) is 8.54. The van der Waals surface area contributed by atoms with Gasteiger partial charge in [0.25, 0.3) is 0 Å². The van der Waals surface area contributed by atoms with Gasteiger partial charge in [0.05, 0.1) is 0 Å². The van der Waals surface area contributed by atoms with Gasteiger partial charge in [-0.15, -0.1) is 11.6 Å². The summed E-state index contributed by atoms with van der Waals surface area (Å²) in [4.78, 5) is 20.8. The lowest BCUT2D eigenvalue weighted by Crippen LogP contribution is -2.46. The number of rotatable bonds is 3. The summed E-state index contributed by atoms with van der Waals surface area (Å²) in [5, 5.41) is 9.11. The molecule has 0 aromatic carbocycles. The summed E-state index contributed by atoms with van der Waals surface area (Å²) in [7, 11) is 0. The van der Waals surface area contributed by atoms with Crippen LogP contribution in [0.25, 0.3) is 0 Å². The SMILES string of the molecule is CCC1C(C(=O)O)=CC(Cl)=CC1(Cl)C(N)=O. The van der Waals surface area contributed by atoms with E-state index < -0.39 is 22.7 Å². The summed E-state index contributed by atoms with van der Waals surface area (Å²) in [6.45, 7) is 1.73. The number of carboxylic acid groups (broad SMARTS) is 1. The average Bonchev–Trinajstić information content (AvgIpc) is 2.16. The molecule has 6 heteroatoms. The smallest absolute Gasteiger partial charge is 0.331 e. The Morgan fingerprint density at radius 1 is 1.62 bits per heavy atom. The molecule has 0 aromatic heterocycles. The zero-order valence-corrected chi connectivity index (χ0v) is 10.0. The van der Waals surface area contributed by atoms with Crippen LogP contribution in [0.2, 0.25) is 0 Å². The second-order valence-corrected chi connectivity index (χ2v) is 4.59. The molecule has 88 valence electrons. The lowest BCUT2D eigenvalue weighted by molar-refractivity contribution is -0.133. The fourth-order valence-corrected chi connectivity index (χ4v) is 2.52. The summed E-state index contributed by atoms with van der Waals surface area (Å²) in [6.07, 6.45) is 2.96. The maximum Gasteiger partial charge on any atom is 0.331 e. The second-order valence-electron chi connectivity index (χ2n) is 3.53. The molecular weight excluding hydrogens is 253 g/mol. The standard InChI is InChI=1S/C10H11Cl2NO3/c1-2-7-6(8(14)15)3-5(11)4-10(7,12)9(13)16/h3-4,7H,2H2,1H3,(H2,13,16)(H,14,15). The Kier molecular flexibility index (Phi) is 3.65. The fraction of sp³-hybridized carbons (Fsp3) is 0.400. The van der Waals surface area contributed by atoms with E-state index in [1.165, 1.54) is 12.2 Å². The number of halogens is 2. The molecule has 2 atom stereocenters. The van der Waals surface area contributed by atoms with E-state index in [0.29, 0.717) is 6.42 Å². The molecule has 1 aliphatic carbocycles. The van der Waals surface area contributed by atoms with Crippen molar-refractivity contribution >= 4 is 35.1 Å². The third-order valence-electron chi connectivity index (χ3n) is 2.56. The van der Waals surface area contributed by atoms with Crippen molar-refractivity contribution in [1.29, 1.82) is 0 Å². The first-order valence-corrected chi connectivity index (χ1v) is 5.40. The topological polar surface area (TPSA) is 80.4 Å². The first-order chi connectivity index (χ1) is 7.32. The Labute approximate surface area is 103 Å². The maximum absolute atomic E-state index is 11.3. The Morgan fingerprint density at radius 3 is 2.56 bits per heavy atom. The van der Waals surface area contributed by atoms with Crippen LogP contribution in [0, 0.1) is 5.92 Å². The first kappa shape index (κ1) is 13.1. The van der Waals surface area contributed by atoms with Crippen molar-refractivity contribution in [3.63, 3.8) is 0 Å². The number of hydrogen-bond donors (Lipinski definition) is 2. The molecule has 1 rings (SSSR count). The minimum atomic E-state index is -1.56. The van der Waals surface area contributed by atoms with Crippen molar-refractivity contribution in [2.45, 2.75) is 18.2 Å². The molecule has 0 bridgehead atoms. The van der Waals surface area contributed by atoms with Gasteiger partial charge in [-0.25, -0.2) is 4.79 Å². The second kappa shape index (κ2) is 4.47. The van der Waals surface area contributed by atoms with E-state index in [0.717, 1.165) is 0 Å². The van der Waals surface area contributed by atoms with Crippen LogP contribution in [-0.2, 0) is 9.59 Å². The highest BCUT2D eigenvalue weighted by molar-refractivity contribution is 6.39. The molecule has 1 aliphatic rings. The molecule has 0 fully saturated rings. The van der Waals surface area contributed by atoms with Crippen molar-refractivity contribution in [3.05, 3.63) is 22.8 Å². The van der Waals surface area contributed by atoms with Crippen LogP contribution in [0.1, 0.15) is 13.3 Å². The molecule has 2 unspecified atom stereocenters. The maximum atomic E-state index is 11.3. The molecule has 0 radical (unpaired) electrons. The van der Waals surface area contributed by atoms with Gasteiger partial charge < -0.3 is 10.8 Å². The number of nitrogens with two attached hydrogens (primary N) is 1. The number of hydrogen-bond acceptors (Lipinski definition) is 2. The Balaban J connectivity index is 3.31. The quantitative estimate of drug-likeness (QED) is 0.760. The van der Waals surface area contributed by atoms with Gasteiger partial charge in [-0.1, -0.05) is 18.5 Å². The molecule has 16 heavy (non-hydrogen) atoms. The van der Waals surface area contributed by atoms with Gasteiger partial charge in [0.15, 0.2) is 0 Å². The van der Waals surface area contributed by atoms with Gasteiger partial charge in [-0.2, -0.15) is 0 Å². The van der Waals surface area contributed by atoms with Crippen LogP contribution >= 0.6 is 23.2 Å². The minimum absolute atomic E-state index is 0.00352. The largest absolute Gasteiger partial charge is 0.478 e. The predicted molar refractivity (Wildman–Crippen MR) is 61.2 cm³/mol. The summed E-state index contributed by atoms with van der Waals surface area (Å²) >= 11 is 11.8. The number of primary amides is 1. The summed E-state index contributed by atoms with van der Waals surface area (Å²) in [5.74, 6) is -2.62. The lowest BCUT2D eigenvalue weighted by atomic mass is 9.79. The summed E-state index contributed by atoms with van der Waals surface area (Å²) < 4.78 is 0. The third-order valence-corrected chi connectivity index (χ3v) is 3.33. The highest BCUT2D eigenvalue weighted by Gasteiger charge is 2.45. The molecule has 0 aromatic rings. The van der Waals surface area contributed by atoms with Crippen LogP contribution < -0.4 is 5.73 Å². The zero-order chi connectivity index (χ0) is 12.5. The molecule has 1 amide bonds. The van der Waals surface area contributed by atoms with Crippen molar-refractivity contribution in [1.82, 2.24) is 0 Å². The number of carbonyl (C=O) groups excluding carboxylic acids is 1. The Hall–Kier alpha value is -1.00. The van der Waals surface area contributed by atoms with Crippen molar-refractivity contribution in [2.24, 2.45) is 11.7 Å². The highest BCUT2D eigenvalue weighted by atomic mass is 35.5. The van der Waals surface area contributed by atoms with Crippen LogP contribution in [0.3, 0.4) is 0 Å². The lowest BCUT2D eigenvalue weighted by Gasteiger charge is -2.32. The van der Waals surface area contributed by atoms with Gasteiger partial charge in [-0.3, -0.25) is 4.79 Å². The number of amides is 1. The van der Waals surface area contributed by atoms with Crippen LogP contribution in [0.5, 0.6) is 0 Å². The number of aliphatic carboxylic acids is 1. The minimum Gasteiger partial charge on any atom is -0.478 e. The number of allylic oxidation sites excluding steroid dienone is 2. The normalized spacial score (nSPS) is 29.3. The molecule has 3 N–H and O–H groups in total. The molecule has 4 nitrogen and oxygen atoms in total. The average molecular weight is 264 g/mol. The van der Waals surface area contributed by atoms with E-state index in [1.807, 2.05) is 0 Å². The van der Waals surface area contributed by atoms with E-state index in [9.17, 15) is 9.59 Å². The van der Waals surface area contributed by atoms with Gasteiger partial charge >= 0.3 is 5.97 Å². The van der Waals surface area contributed by atoms with E-state index in [2.05, 4.69) is 0 Å². The monoisotopic (exact) mass is 263 g/mol. The fourth-order valence-electron chi connectivity index (χ4n) is 1.79. The van der Waals surface area contributed by atoms with E-state index in [1.54, 1.807) is 6.92 Å². The number of carboxylic acids is 1. The predicted octanol–water partition coefficient (Wildman–Crippen LogP) is 1.62. The van der Waals surface area contributed by atoms with Gasteiger partial charge in [-0.05, 0) is 18.6 Å². The summed E-state index contributed by atoms with van der Waals surface area (Å²) in [6, 6.07) is 0. The molecular formula is C10H11Cl2NO3. The van der Waals surface area contributed by atoms with Crippen molar-refractivity contribution in [3.8, 4) is 0 Å². The van der Waals surface area contributed by atoms with Crippen LogP contribution in [0.4, 0.5) is 0 Å². The molecule has 0 spiro atoms. The molecule has 0 saturated heterocycles. The Bertz CT molecular complexity index is 403.